The molecule has 0 unspecified atom stereocenters. The van der Waals surface area contributed by atoms with Gasteiger partial charge in [-0.05, 0) is 96.4 Å². The van der Waals surface area contributed by atoms with E-state index >= 15 is 0 Å². The zero-order chi connectivity index (χ0) is 30.6. The molecule has 12 heteroatoms. The van der Waals surface area contributed by atoms with Gasteiger partial charge in [-0.2, -0.15) is 5.21 Å². The third-order valence-corrected chi connectivity index (χ3v) is 8.57. The van der Waals surface area contributed by atoms with Gasteiger partial charge in [-0.3, -0.25) is 14.2 Å². The van der Waals surface area contributed by atoms with Crippen LogP contribution in [0.5, 0.6) is 0 Å². The third kappa shape index (κ3) is 6.30. The summed E-state index contributed by atoms with van der Waals surface area (Å²) in [6.07, 6.45) is 3.70. The molecule has 1 aliphatic carbocycles. The first-order valence-electron chi connectivity index (χ1n) is 14.8. The van der Waals surface area contributed by atoms with E-state index in [0.29, 0.717) is 30.4 Å². The lowest BCUT2D eigenvalue weighted by Gasteiger charge is -2.28. The smallest absolute Gasteiger partial charge is 0.326 e. The molecule has 2 amide bonds. The van der Waals surface area contributed by atoms with Gasteiger partial charge in [0.2, 0.25) is 17.6 Å². The van der Waals surface area contributed by atoms with Gasteiger partial charge in [0.15, 0.2) is 0 Å². The molecule has 44 heavy (non-hydrogen) atoms. The molecule has 1 saturated carbocycles. The zero-order valence-electron chi connectivity index (χ0n) is 24.4. The molecule has 0 aliphatic heterocycles. The Morgan fingerprint density at radius 1 is 0.977 bits per heavy atom. The molecule has 6 N–H and O–H groups in total. The third-order valence-electron chi connectivity index (χ3n) is 8.57. The molecule has 2 aromatic heterocycles. The molecule has 1 aliphatic rings. The van der Waals surface area contributed by atoms with Crippen LogP contribution >= 0.6 is 0 Å². The number of nitrogens with two attached hydrogens (primary N) is 1. The summed E-state index contributed by atoms with van der Waals surface area (Å²) in [5, 5.41) is 20.0. The molecule has 6 rings (SSSR count). The van der Waals surface area contributed by atoms with Crippen LogP contribution in [0.15, 0.2) is 71.5 Å². The van der Waals surface area contributed by atoms with Gasteiger partial charge in [-0.25, -0.2) is 4.79 Å². The average molecular weight is 594 g/mol. The predicted molar refractivity (Wildman–Crippen MR) is 167 cm³/mol. The Balaban J connectivity index is 1.19. The number of aromatic amines is 2. The molecule has 0 radical (unpaired) electrons. The second-order valence-electron chi connectivity index (χ2n) is 11.4. The van der Waals surface area contributed by atoms with Gasteiger partial charge in [0.05, 0.1) is 11.0 Å². The van der Waals surface area contributed by atoms with Gasteiger partial charge >= 0.3 is 5.69 Å². The summed E-state index contributed by atoms with van der Waals surface area (Å²) >= 11 is 0. The maximum absolute atomic E-state index is 13.6. The van der Waals surface area contributed by atoms with Gasteiger partial charge < -0.3 is 21.4 Å². The highest BCUT2D eigenvalue weighted by Gasteiger charge is 2.29. The molecule has 1 atom stereocenters. The molecule has 12 nitrogen and oxygen atoms in total. The Hall–Kier alpha value is -5.10. The number of carbonyl (C=O) groups is 2. The number of H-pyrrole nitrogens is 2. The topological polar surface area (TPSA) is 176 Å². The highest BCUT2D eigenvalue weighted by molar-refractivity contribution is 5.97. The van der Waals surface area contributed by atoms with E-state index in [2.05, 4.69) is 36.2 Å². The largest absolute Gasteiger partial charge is 0.344 e. The lowest BCUT2D eigenvalue weighted by atomic mass is 9.81. The molecule has 0 saturated heterocycles. The van der Waals surface area contributed by atoms with Crippen molar-refractivity contribution in [1.82, 2.24) is 35.5 Å². The SMILES string of the molecule is Cn1c(=O)[nH]c2ccc(-c3ccc(C[C@H](NC(=O)C4CCC(CN)CC4)C(=O)Nc4ccc(-c5nn[nH]n5)cc4)cc3)cc21. The maximum Gasteiger partial charge on any atom is 0.326 e. The van der Waals surface area contributed by atoms with E-state index in [1.54, 1.807) is 35.9 Å². The van der Waals surface area contributed by atoms with Crippen molar-refractivity contribution < 1.29 is 9.59 Å². The Kier molecular flexibility index (Phi) is 8.33. The molecule has 0 spiro atoms. The number of fused-ring (bicyclic) bond motifs is 1. The first kappa shape index (κ1) is 29.0. The predicted octanol–water partition coefficient (Wildman–Crippen LogP) is 3.14. The summed E-state index contributed by atoms with van der Waals surface area (Å²) in [5.74, 6) is 0.371. The summed E-state index contributed by atoms with van der Waals surface area (Å²) in [6.45, 7) is 0.637. The van der Waals surface area contributed by atoms with Gasteiger partial charge in [-0.1, -0.05) is 30.3 Å². The average Bonchev–Trinajstić information content (AvgIpc) is 3.69. The van der Waals surface area contributed by atoms with Crippen LogP contribution in [0, 0.1) is 11.8 Å². The monoisotopic (exact) mass is 593 g/mol. The fourth-order valence-corrected chi connectivity index (χ4v) is 5.85. The van der Waals surface area contributed by atoms with Crippen LogP contribution in [-0.2, 0) is 23.1 Å². The number of hydrogen-bond donors (Lipinski definition) is 5. The van der Waals surface area contributed by atoms with Crippen molar-refractivity contribution in [1.29, 1.82) is 0 Å². The summed E-state index contributed by atoms with van der Waals surface area (Å²) < 4.78 is 1.58. The fraction of sp³-hybridized carbons (Fsp3) is 0.312. The Morgan fingerprint density at radius 3 is 2.36 bits per heavy atom. The fourth-order valence-electron chi connectivity index (χ4n) is 5.85. The molecule has 1 fully saturated rings. The lowest BCUT2D eigenvalue weighted by molar-refractivity contribution is -0.130. The number of rotatable bonds is 9. The number of nitrogens with zero attached hydrogens (tertiary/aromatic N) is 4. The van der Waals surface area contributed by atoms with E-state index in [4.69, 9.17) is 5.73 Å². The van der Waals surface area contributed by atoms with Gasteiger partial charge in [0.1, 0.15) is 6.04 Å². The summed E-state index contributed by atoms with van der Waals surface area (Å²) in [6, 6.07) is 20.1. The van der Waals surface area contributed by atoms with E-state index in [-0.39, 0.29) is 23.4 Å². The van der Waals surface area contributed by atoms with Crippen molar-refractivity contribution in [2.45, 2.75) is 38.1 Å². The number of benzene rings is 3. The van der Waals surface area contributed by atoms with Crippen molar-refractivity contribution in [3.63, 3.8) is 0 Å². The highest BCUT2D eigenvalue weighted by Crippen LogP contribution is 2.29. The standard InChI is InChI=1S/C32H35N9O3/c1-41-28-17-24(12-15-26(28)36-32(41)44)21-6-2-19(3-7-21)16-27(35-30(42)23-8-4-20(18-33)5-9-23)31(43)34-25-13-10-22(11-14-25)29-37-39-40-38-29/h2-3,6-7,10-15,17,20,23,27H,4-5,8-9,16,18,33H2,1H3,(H,34,43)(H,35,42)(H,36,44)(H,37,38,39,40)/t20?,23?,27-/m0/s1. The lowest BCUT2D eigenvalue weighted by Crippen LogP contribution is -2.48. The number of hydrogen-bond acceptors (Lipinski definition) is 7. The number of aromatic nitrogens is 6. The van der Waals surface area contributed by atoms with E-state index in [0.717, 1.165) is 59.0 Å². The van der Waals surface area contributed by atoms with Crippen molar-refractivity contribution in [2.24, 2.45) is 24.6 Å². The van der Waals surface area contributed by atoms with Crippen LogP contribution in [0.3, 0.4) is 0 Å². The van der Waals surface area contributed by atoms with Crippen molar-refractivity contribution in [3.8, 4) is 22.5 Å². The first-order chi connectivity index (χ1) is 21.4. The van der Waals surface area contributed by atoms with Crippen LogP contribution < -0.4 is 22.1 Å². The molecule has 226 valence electrons. The highest BCUT2D eigenvalue weighted by atomic mass is 16.2. The summed E-state index contributed by atoms with van der Waals surface area (Å²) in [4.78, 5) is 41.8. The molecule has 3 aromatic carbocycles. The van der Waals surface area contributed by atoms with E-state index in [1.807, 2.05) is 42.5 Å². The van der Waals surface area contributed by atoms with Crippen LogP contribution in [0.25, 0.3) is 33.5 Å². The zero-order valence-corrected chi connectivity index (χ0v) is 24.4. The normalized spacial score (nSPS) is 17.3. The summed E-state index contributed by atoms with van der Waals surface area (Å²) in [5.41, 5.74) is 11.5. The second kappa shape index (κ2) is 12.6. The number of amides is 2. The Morgan fingerprint density at radius 2 is 1.68 bits per heavy atom. The van der Waals surface area contributed by atoms with Gasteiger partial charge in [-0.15, -0.1) is 10.2 Å². The van der Waals surface area contributed by atoms with Crippen molar-refractivity contribution in [2.75, 3.05) is 11.9 Å². The number of imidazole rings is 1. The van der Waals surface area contributed by atoms with Crippen molar-refractivity contribution in [3.05, 3.63) is 82.8 Å². The number of nitrogens with one attached hydrogen (secondary N) is 4. The second-order valence-corrected chi connectivity index (χ2v) is 11.4. The minimum atomic E-state index is -0.775. The maximum atomic E-state index is 13.6. The molecular weight excluding hydrogens is 558 g/mol. The first-order valence-corrected chi connectivity index (χ1v) is 14.8. The van der Waals surface area contributed by atoms with Crippen molar-refractivity contribution >= 4 is 28.5 Å². The van der Waals surface area contributed by atoms with Gasteiger partial charge in [0, 0.05) is 30.6 Å². The number of anilines is 1. The minimum absolute atomic E-state index is 0.102. The van der Waals surface area contributed by atoms with Crippen LogP contribution in [0.2, 0.25) is 0 Å². The minimum Gasteiger partial charge on any atom is -0.344 e. The Labute approximate surface area is 253 Å². The molecule has 2 heterocycles. The van der Waals surface area contributed by atoms with Crippen LogP contribution in [0.1, 0.15) is 31.2 Å². The van der Waals surface area contributed by atoms with Crippen LogP contribution in [-0.4, -0.2) is 54.6 Å². The van der Waals surface area contributed by atoms with Gasteiger partial charge in [0.25, 0.3) is 0 Å². The number of carbonyl (C=O) groups excluding carboxylic acids is 2. The van der Waals surface area contributed by atoms with E-state index < -0.39 is 6.04 Å². The number of aryl methyl sites for hydroxylation is 1. The summed E-state index contributed by atoms with van der Waals surface area (Å²) in [7, 11) is 1.74. The Bertz CT molecular complexity index is 1800. The molecular formula is C32H35N9O3. The van der Waals surface area contributed by atoms with E-state index in [1.165, 1.54) is 0 Å². The van der Waals surface area contributed by atoms with E-state index in [9.17, 15) is 14.4 Å². The number of tetrazole rings is 1. The molecule has 0 bridgehead atoms. The quantitative estimate of drug-likeness (QED) is 0.174. The molecule has 5 aromatic rings. The van der Waals surface area contributed by atoms with Crippen LogP contribution in [0.4, 0.5) is 5.69 Å².